The maximum Gasteiger partial charge on any atom is 0.311 e. The van der Waals surface area contributed by atoms with E-state index in [9.17, 15) is 14.5 Å². The van der Waals surface area contributed by atoms with Crippen LogP contribution >= 0.6 is 0 Å². The monoisotopic (exact) mass is 314 g/mol. The van der Waals surface area contributed by atoms with Crippen LogP contribution in [-0.2, 0) is 0 Å². The van der Waals surface area contributed by atoms with E-state index in [1.54, 1.807) is 18.2 Å². The molecule has 116 valence electrons. The molecule has 0 amide bonds. The molecule has 0 aliphatic rings. The van der Waals surface area contributed by atoms with Gasteiger partial charge in [0.25, 0.3) is 0 Å². The quantitative estimate of drug-likeness (QED) is 0.589. The molecule has 8 heteroatoms. The Morgan fingerprint density at radius 3 is 2.52 bits per heavy atom. The molecule has 1 heterocycles. The van der Waals surface area contributed by atoms with Gasteiger partial charge in [0.15, 0.2) is 17.4 Å². The van der Waals surface area contributed by atoms with E-state index in [-0.39, 0.29) is 17.3 Å². The lowest BCUT2D eigenvalue weighted by Gasteiger charge is -2.02. The van der Waals surface area contributed by atoms with Gasteiger partial charge in [0.2, 0.25) is 0 Å². The number of rotatable bonds is 4. The molecule has 0 saturated carbocycles. The Morgan fingerprint density at radius 2 is 1.87 bits per heavy atom. The molecule has 23 heavy (non-hydrogen) atoms. The summed E-state index contributed by atoms with van der Waals surface area (Å²) >= 11 is 0. The van der Waals surface area contributed by atoms with Crippen LogP contribution in [0.1, 0.15) is 0 Å². The van der Waals surface area contributed by atoms with Crippen LogP contribution in [0, 0.1) is 15.9 Å². The Morgan fingerprint density at radius 1 is 1.17 bits per heavy atom. The van der Waals surface area contributed by atoms with Gasteiger partial charge in [0.05, 0.1) is 12.0 Å². The number of aromatic nitrogens is 3. The lowest BCUT2D eigenvalue weighted by Crippen LogP contribution is -1.94. The van der Waals surface area contributed by atoms with E-state index in [0.717, 1.165) is 0 Å². The van der Waals surface area contributed by atoms with E-state index in [1.165, 1.54) is 31.4 Å². The highest BCUT2D eigenvalue weighted by Crippen LogP contribution is 2.31. The topological polar surface area (TPSA) is 93.9 Å². The highest BCUT2D eigenvalue weighted by molar-refractivity contribution is 5.65. The van der Waals surface area contributed by atoms with Gasteiger partial charge in [-0.15, -0.1) is 0 Å². The number of methoxy groups -OCH3 is 1. The van der Waals surface area contributed by atoms with Gasteiger partial charge >= 0.3 is 5.69 Å². The molecule has 0 bridgehead atoms. The molecule has 1 N–H and O–H groups in total. The molecule has 0 spiro atoms. The van der Waals surface area contributed by atoms with Crippen LogP contribution in [0.15, 0.2) is 42.5 Å². The van der Waals surface area contributed by atoms with Gasteiger partial charge < -0.3 is 4.74 Å². The summed E-state index contributed by atoms with van der Waals surface area (Å²) in [4.78, 5) is 14.8. The Labute approximate surface area is 129 Å². The Hall–Kier alpha value is -3.29. The average Bonchev–Trinajstić information content (AvgIpc) is 3.04. The first-order valence-electron chi connectivity index (χ1n) is 6.59. The fraction of sp³-hybridized carbons (Fsp3) is 0.0667. The number of nitro benzene ring substituents is 1. The van der Waals surface area contributed by atoms with E-state index >= 15 is 0 Å². The van der Waals surface area contributed by atoms with Crippen molar-refractivity contribution in [1.82, 2.24) is 15.2 Å². The third-order valence-corrected chi connectivity index (χ3v) is 3.24. The Bertz CT molecular complexity index is 861. The summed E-state index contributed by atoms with van der Waals surface area (Å²) in [5.41, 5.74) is 0.966. The van der Waals surface area contributed by atoms with Crippen LogP contribution in [-0.4, -0.2) is 27.2 Å². The molecule has 7 nitrogen and oxygen atoms in total. The molecule has 1 aromatic heterocycles. The van der Waals surface area contributed by atoms with Crippen molar-refractivity contribution in [3.8, 4) is 28.5 Å². The van der Waals surface area contributed by atoms with Crippen molar-refractivity contribution in [1.29, 1.82) is 0 Å². The third kappa shape index (κ3) is 2.86. The second-order valence-electron chi connectivity index (χ2n) is 4.66. The van der Waals surface area contributed by atoms with E-state index in [1.807, 2.05) is 0 Å². The summed E-state index contributed by atoms with van der Waals surface area (Å²) in [6.07, 6.45) is 0. The standard InChI is InChI=1S/C15H11FN4O3/c1-23-13-7-4-10(8-12(13)20(21)22)15-17-14(18-19-15)9-2-5-11(16)6-3-9/h2-8H,1H3,(H,17,18,19). The van der Waals surface area contributed by atoms with E-state index in [4.69, 9.17) is 4.74 Å². The molecule has 3 aromatic rings. The molecule has 0 aliphatic carbocycles. The summed E-state index contributed by atoms with van der Waals surface area (Å²) in [6, 6.07) is 10.2. The minimum atomic E-state index is -0.532. The van der Waals surface area contributed by atoms with Crippen LogP contribution in [0.2, 0.25) is 0 Å². The number of nitrogens with zero attached hydrogens (tertiary/aromatic N) is 3. The van der Waals surface area contributed by atoms with Crippen LogP contribution in [0.25, 0.3) is 22.8 Å². The number of ether oxygens (including phenoxy) is 1. The first kappa shape index (κ1) is 14.6. The zero-order chi connectivity index (χ0) is 16.4. The predicted octanol–water partition coefficient (Wildman–Crippen LogP) is 3.19. The van der Waals surface area contributed by atoms with Crippen LogP contribution in [0.5, 0.6) is 5.75 Å². The summed E-state index contributed by atoms with van der Waals surface area (Å²) in [5, 5.41) is 17.8. The molecule has 0 unspecified atom stereocenters. The van der Waals surface area contributed by atoms with Gasteiger partial charge in [-0.2, -0.15) is 5.10 Å². The van der Waals surface area contributed by atoms with Crippen LogP contribution < -0.4 is 4.74 Å². The average molecular weight is 314 g/mol. The molecule has 0 fully saturated rings. The van der Waals surface area contributed by atoms with Crippen molar-refractivity contribution in [3.63, 3.8) is 0 Å². The number of nitro groups is 1. The van der Waals surface area contributed by atoms with Crippen molar-refractivity contribution in [2.24, 2.45) is 0 Å². The van der Waals surface area contributed by atoms with Gasteiger partial charge in [-0.1, -0.05) is 0 Å². The lowest BCUT2D eigenvalue weighted by molar-refractivity contribution is -0.385. The number of benzene rings is 2. The first-order chi connectivity index (χ1) is 11.1. The molecular weight excluding hydrogens is 303 g/mol. The largest absolute Gasteiger partial charge is 0.490 e. The zero-order valence-electron chi connectivity index (χ0n) is 12.0. The summed E-state index contributed by atoms with van der Waals surface area (Å²) in [7, 11) is 1.36. The second kappa shape index (κ2) is 5.84. The van der Waals surface area contributed by atoms with E-state index < -0.39 is 4.92 Å². The Kier molecular flexibility index (Phi) is 3.71. The molecule has 0 radical (unpaired) electrons. The maximum atomic E-state index is 12.9. The van der Waals surface area contributed by atoms with E-state index in [0.29, 0.717) is 22.8 Å². The van der Waals surface area contributed by atoms with Gasteiger partial charge in [0.1, 0.15) is 5.82 Å². The third-order valence-electron chi connectivity index (χ3n) is 3.24. The number of hydrogen-bond acceptors (Lipinski definition) is 5. The van der Waals surface area contributed by atoms with Crippen LogP contribution in [0.3, 0.4) is 0 Å². The van der Waals surface area contributed by atoms with Crippen molar-refractivity contribution < 1.29 is 14.1 Å². The van der Waals surface area contributed by atoms with Crippen molar-refractivity contribution in [2.75, 3.05) is 7.11 Å². The smallest absolute Gasteiger partial charge is 0.311 e. The van der Waals surface area contributed by atoms with Crippen LogP contribution in [0.4, 0.5) is 10.1 Å². The second-order valence-corrected chi connectivity index (χ2v) is 4.66. The highest BCUT2D eigenvalue weighted by atomic mass is 19.1. The lowest BCUT2D eigenvalue weighted by atomic mass is 10.1. The minimum absolute atomic E-state index is 0.160. The van der Waals surface area contributed by atoms with Crippen molar-refractivity contribution in [3.05, 3.63) is 58.4 Å². The van der Waals surface area contributed by atoms with Gasteiger partial charge in [0, 0.05) is 17.2 Å². The summed E-state index contributed by atoms with van der Waals surface area (Å²) < 4.78 is 17.9. The maximum absolute atomic E-state index is 12.9. The van der Waals surface area contributed by atoms with E-state index in [2.05, 4.69) is 15.2 Å². The number of nitrogens with one attached hydrogen (secondary N) is 1. The fourth-order valence-electron chi connectivity index (χ4n) is 2.10. The van der Waals surface area contributed by atoms with Gasteiger partial charge in [-0.25, -0.2) is 9.37 Å². The van der Waals surface area contributed by atoms with Gasteiger partial charge in [-0.3, -0.25) is 15.2 Å². The van der Waals surface area contributed by atoms with Crippen molar-refractivity contribution >= 4 is 5.69 Å². The predicted molar refractivity (Wildman–Crippen MR) is 80.4 cm³/mol. The number of aromatic amines is 1. The number of H-pyrrole nitrogens is 1. The molecule has 0 atom stereocenters. The molecule has 3 rings (SSSR count). The molecule has 2 aromatic carbocycles. The first-order valence-corrected chi connectivity index (χ1v) is 6.59. The number of halogens is 1. The fourth-order valence-corrected chi connectivity index (χ4v) is 2.10. The zero-order valence-corrected chi connectivity index (χ0v) is 12.0. The number of hydrogen-bond donors (Lipinski definition) is 1. The van der Waals surface area contributed by atoms with Gasteiger partial charge in [-0.05, 0) is 36.4 Å². The molecule has 0 saturated heterocycles. The minimum Gasteiger partial charge on any atom is -0.490 e. The summed E-state index contributed by atoms with van der Waals surface area (Å²) in [6.45, 7) is 0. The van der Waals surface area contributed by atoms with Crippen molar-refractivity contribution in [2.45, 2.75) is 0 Å². The molecule has 0 aliphatic heterocycles. The SMILES string of the molecule is COc1ccc(-c2n[nH]c(-c3ccc(F)cc3)n2)cc1[N+](=O)[O-]. The Balaban J connectivity index is 1.98. The molecular formula is C15H11FN4O3. The summed E-state index contributed by atoms with van der Waals surface area (Å²) in [5.74, 6) is 0.556. The normalized spacial score (nSPS) is 10.5. The highest BCUT2D eigenvalue weighted by Gasteiger charge is 2.17.